The Bertz CT molecular complexity index is 649. The van der Waals surface area contributed by atoms with Crippen molar-refractivity contribution < 1.29 is 14.4 Å². The van der Waals surface area contributed by atoms with Crippen LogP contribution in [0.4, 0.5) is 0 Å². The summed E-state index contributed by atoms with van der Waals surface area (Å²) in [5, 5.41) is 15.2. The van der Waals surface area contributed by atoms with Gasteiger partial charge in [-0.2, -0.15) is 0 Å². The summed E-state index contributed by atoms with van der Waals surface area (Å²) in [5.41, 5.74) is 0.690. The van der Waals surface area contributed by atoms with Crippen molar-refractivity contribution in [2.24, 2.45) is 0 Å². The zero-order valence-electron chi connectivity index (χ0n) is 11.0. The van der Waals surface area contributed by atoms with E-state index in [0.717, 1.165) is 4.88 Å². The minimum absolute atomic E-state index is 0.0445. The van der Waals surface area contributed by atoms with Crippen molar-refractivity contribution in [1.29, 1.82) is 0 Å². The lowest BCUT2D eigenvalue weighted by Gasteiger charge is -1.99. The van der Waals surface area contributed by atoms with Gasteiger partial charge in [0.1, 0.15) is 11.5 Å². The van der Waals surface area contributed by atoms with E-state index in [4.69, 9.17) is 9.63 Å². The maximum Gasteiger partial charge on any atom is 0.261 e. The lowest BCUT2D eigenvalue weighted by Crippen LogP contribution is -2.21. The van der Waals surface area contributed by atoms with Gasteiger partial charge < -0.3 is 14.9 Å². The third-order valence-corrected chi connectivity index (χ3v) is 3.38. The molecule has 1 amide bonds. The van der Waals surface area contributed by atoms with E-state index in [1.54, 1.807) is 25.1 Å². The molecule has 2 aromatic heterocycles. The fraction of sp³-hybridized carbons (Fsp3) is 0.286. The topological polar surface area (TPSA) is 75.4 Å². The van der Waals surface area contributed by atoms with Crippen LogP contribution in [0.1, 0.15) is 32.4 Å². The average molecular weight is 290 g/mol. The van der Waals surface area contributed by atoms with Crippen LogP contribution >= 0.6 is 11.3 Å². The van der Waals surface area contributed by atoms with Crippen LogP contribution in [0.25, 0.3) is 0 Å². The molecular formula is C14H14N2O3S. The molecule has 0 atom stereocenters. The molecule has 0 radical (unpaired) electrons. The quantitative estimate of drug-likeness (QED) is 0.841. The maximum atomic E-state index is 11.9. The minimum Gasteiger partial charge on any atom is -0.395 e. The number of hydrogen-bond acceptors (Lipinski definition) is 5. The molecule has 2 rings (SSSR count). The highest BCUT2D eigenvalue weighted by atomic mass is 32.1. The molecular weight excluding hydrogens is 276 g/mol. The zero-order chi connectivity index (χ0) is 14.4. The van der Waals surface area contributed by atoms with E-state index in [9.17, 15) is 4.79 Å². The van der Waals surface area contributed by atoms with Gasteiger partial charge in [0.2, 0.25) is 0 Å². The van der Waals surface area contributed by atoms with Crippen molar-refractivity contribution in [3.8, 4) is 11.8 Å². The Labute approximate surface area is 120 Å². The number of amides is 1. The predicted molar refractivity (Wildman–Crippen MR) is 75.3 cm³/mol. The SMILES string of the molecule is Cc1cc(CNC(=O)c2ccc(C#CCCO)s2)no1. The molecule has 0 saturated carbocycles. The van der Waals surface area contributed by atoms with Gasteiger partial charge in [-0.05, 0) is 19.1 Å². The Morgan fingerprint density at radius 1 is 1.55 bits per heavy atom. The molecule has 5 nitrogen and oxygen atoms in total. The Morgan fingerprint density at radius 2 is 2.40 bits per heavy atom. The molecule has 20 heavy (non-hydrogen) atoms. The van der Waals surface area contributed by atoms with E-state index in [1.807, 2.05) is 0 Å². The average Bonchev–Trinajstić information content (AvgIpc) is 3.06. The van der Waals surface area contributed by atoms with Crippen LogP contribution in [0.3, 0.4) is 0 Å². The molecule has 0 aliphatic rings. The lowest BCUT2D eigenvalue weighted by molar-refractivity contribution is 0.0954. The number of aromatic nitrogens is 1. The standard InChI is InChI=1S/C14H14N2O3S/c1-10-8-11(16-19-10)9-15-14(18)13-6-5-12(20-13)4-2-3-7-17/h5-6,8,17H,3,7,9H2,1H3,(H,15,18). The van der Waals surface area contributed by atoms with Crippen molar-refractivity contribution >= 4 is 17.2 Å². The predicted octanol–water partition coefficient (Wildman–Crippen LogP) is 1.71. The van der Waals surface area contributed by atoms with Gasteiger partial charge in [-0.15, -0.1) is 11.3 Å². The van der Waals surface area contributed by atoms with Crippen LogP contribution in [-0.4, -0.2) is 22.8 Å². The summed E-state index contributed by atoms with van der Waals surface area (Å²) in [7, 11) is 0. The highest BCUT2D eigenvalue weighted by Crippen LogP contribution is 2.15. The third kappa shape index (κ3) is 3.95. The van der Waals surface area contributed by atoms with Crippen LogP contribution in [-0.2, 0) is 6.54 Å². The first-order chi connectivity index (χ1) is 9.69. The molecule has 2 aromatic rings. The Hall–Kier alpha value is -2.10. The second kappa shape index (κ2) is 6.89. The second-order valence-corrected chi connectivity index (χ2v) is 5.13. The monoisotopic (exact) mass is 290 g/mol. The fourth-order valence-electron chi connectivity index (χ4n) is 1.49. The Balaban J connectivity index is 1.91. The number of hydrogen-bond donors (Lipinski definition) is 2. The van der Waals surface area contributed by atoms with Gasteiger partial charge in [0.15, 0.2) is 0 Å². The van der Waals surface area contributed by atoms with Gasteiger partial charge >= 0.3 is 0 Å². The van der Waals surface area contributed by atoms with Gasteiger partial charge in [0.25, 0.3) is 5.91 Å². The molecule has 2 heterocycles. The highest BCUT2D eigenvalue weighted by molar-refractivity contribution is 7.14. The number of carbonyl (C=O) groups excluding carboxylic acids is 1. The first-order valence-electron chi connectivity index (χ1n) is 6.09. The van der Waals surface area contributed by atoms with E-state index in [-0.39, 0.29) is 12.5 Å². The van der Waals surface area contributed by atoms with Gasteiger partial charge in [-0.3, -0.25) is 4.79 Å². The minimum atomic E-state index is -0.161. The van der Waals surface area contributed by atoms with Gasteiger partial charge in [-0.25, -0.2) is 0 Å². The lowest BCUT2D eigenvalue weighted by atomic mass is 10.3. The molecule has 2 N–H and O–H groups in total. The van der Waals surface area contributed by atoms with Gasteiger partial charge in [0.05, 0.1) is 22.9 Å². The van der Waals surface area contributed by atoms with Crippen LogP contribution in [0.5, 0.6) is 0 Å². The first kappa shape index (κ1) is 14.3. The maximum absolute atomic E-state index is 11.9. The summed E-state index contributed by atoms with van der Waals surface area (Å²) in [6.07, 6.45) is 0.435. The Kier molecular flexibility index (Phi) is 4.93. The largest absolute Gasteiger partial charge is 0.395 e. The molecule has 0 saturated heterocycles. The number of thiophene rings is 1. The molecule has 0 bridgehead atoms. The Morgan fingerprint density at radius 3 is 3.10 bits per heavy atom. The van der Waals surface area contributed by atoms with Crippen molar-refractivity contribution in [1.82, 2.24) is 10.5 Å². The number of aryl methyl sites for hydroxylation is 1. The number of carbonyl (C=O) groups is 1. The summed E-state index contributed by atoms with van der Waals surface area (Å²) in [6, 6.07) is 5.31. The summed E-state index contributed by atoms with van der Waals surface area (Å²) < 4.78 is 4.92. The normalized spacial score (nSPS) is 9.90. The van der Waals surface area contributed by atoms with Crippen LogP contribution in [0.2, 0.25) is 0 Å². The molecule has 0 aromatic carbocycles. The van der Waals surface area contributed by atoms with E-state index in [2.05, 4.69) is 22.3 Å². The number of nitrogens with one attached hydrogen (secondary N) is 1. The molecule has 0 fully saturated rings. The van der Waals surface area contributed by atoms with Gasteiger partial charge in [-0.1, -0.05) is 17.0 Å². The third-order valence-electron chi connectivity index (χ3n) is 2.39. The number of rotatable bonds is 4. The number of aliphatic hydroxyl groups is 1. The highest BCUT2D eigenvalue weighted by Gasteiger charge is 2.09. The number of aliphatic hydroxyl groups excluding tert-OH is 1. The van der Waals surface area contributed by atoms with E-state index < -0.39 is 0 Å². The number of nitrogens with zero attached hydrogens (tertiary/aromatic N) is 1. The van der Waals surface area contributed by atoms with Crippen molar-refractivity contribution in [3.05, 3.63) is 39.4 Å². The molecule has 0 unspecified atom stereocenters. The summed E-state index contributed by atoms with van der Waals surface area (Å²) in [6.45, 7) is 2.18. The van der Waals surface area contributed by atoms with E-state index >= 15 is 0 Å². The molecule has 0 aliphatic carbocycles. The van der Waals surface area contributed by atoms with Crippen LogP contribution < -0.4 is 5.32 Å². The van der Waals surface area contributed by atoms with Crippen LogP contribution in [0.15, 0.2) is 22.7 Å². The summed E-state index contributed by atoms with van der Waals surface area (Å²) in [4.78, 5) is 13.3. The van der Waals surface area contributed by atoms with E-state index in [1.165, 1.54) is 11.3 Å². The smallest absolute Gasteiger partial charge is 0.261 e. The molecule has 6 heteroatoms. The molecule has 104 valence electrons. The first-order valence-corrected chi connectivity index (χ1v) is 6.90. The van der Waals surface area contributed by atoms with Crippen molar-refractivity contribution in [2.75, 3.05) is 6.61 Å². The van der Waals surface area contributed by atoms with Gasteiger partial charge in [0, 0.05) is 12.5 Å². The van der Waals surface area contributed by atoms with Crippen molar-refractivity contribution in [3.63, 3.8) is 0 Å². The van der Waals surface area contributed by atoms with E-state index in [0.29, 0.717) is 29.3 Å². The zero-order valence-corrected chi connectivity index (χ0v) is 11.8. The second-order valence-electron chi connectivity index (χ2n) is 4.05. The van der Waals surface area contributed by atoms with Crippen molar-refractivity contribution in [2.45, 2.75) is 19.9 Å². The molecule has 0 aliphatic heterocycles. The summed E-state index contributed by atoms with van der Waals surface area (Å²) in [5.74, 6) is 6.27. The summed E-state index contributed by atoms with van der Waals surface area (Å²) >= 11 is 1.32. The fourth-order valence-corrected chi connectivity index (χ4v) is 2.29. The van der Waals surface area contributed by atoms with Crippen LogP contribution in [0, 0.1) is 18.8 Å². The molecule has 0 spiro atoms.